The van der Waals surface area contributed by atoms with Gasteiger partial charge in [0.05, 0.1) is 25.7 Å². The number of aromatic hydroxyl groups is 2. The van der Waals surface area contributed by atoms with Crippen LogP contribution in [0, 0.1) is 0 Å². The Morgan fingerprint density at radius 2 is 1.86 bits per heavy atom. The molecule has 0 spiro atoms. The van der Waals surface area contributed by atoms with Crippen LogP contribution in [0.25, 0.3) is 22.3 Å². The van der Waals surface area contributed by atoms with Gasteiger partial charge in [-0.25, -0.2) is 0 Å². The van der Waals surface area contributed by atoms with Crippen LogP contribution in [0.5, 0.6) is 11.5 Å². The molecule has 0 bridgehead atoms. The molecule has 0 aliphatic carbocycles. The number of fused-ring (bicyclic) bond motifs is 1. The van der Waals surface area contributed by atoms with Gasteiger partial charge in [0.2, 0.25) is 0 Å². The molecule has 7 heteroatoms. The maximum absolute atomic E-state index is 12.8. The van der Waals surface area contributed by atoms with Crippen LogP contribution in [-0.2, 0) is 0 Å². The SMILES string of the molecule is C[N+]1(C)CCC(c2c(O)cc(O)c3c(=O)cc(-c4ccccc4Cl)oc23)C(O)C1. The highest BCUT2D eigenvalue weighted by molar-refractivity contribution is 6.33. The number of rotatable bonds is 2. The highest BCUT2D eigenvalue weighted by Crippen LogP contribution is 2.43. The zero-order chi connectivity index (χ0) is 20.9. The molecule has 2 aromatic carbocycles. The van der Waals surface area contributed by atoms with Crippen molar-refractivity contribution in [3.8, 4) is 22.8 Å². The van der Waals surface area contributed by atoms with Crippen LogP contribution >= 0.6 is 11.6 Å². The maximum Gasteiger partial charge on any atom is 0.197 e. The maximum atomic E-state index is 12.8. The smallest absolute Gasteiger partial charge is 0.197 e. The summed E-state index contributed by atoms with van der Waals surface area (Å²) in [6.45, 7) is 1.29. The zero-order valence-electron chi connectivity index (χ0n) is 16.2. The van der Waals surface area contributed by atoms with Crippen molar-refractivity contribution in [1.82, 2.24) is 0 Å². The van der Waals surface area contributed by atoms with Gasteiger partial charge in [-0.15, -0.1) is 0 Å². The average Bonchev–Trinajstić information content (AvgIpc) is 2.62. The number of hydrogen-bond donors (Lipinski definition) is 3. The number of phenols is 2. The van der Waals surface area contributed by atoms with Crippen LogP contribution in [0.2, 0.25) is 5.02 Å². The van der Waals surface area contributed by atoms with Crippen LogP contribution in [0.1, 0.15) is 17.9 Å². The summed E-state index contributed by atoms with van der Waals surface area (Å²) in [6.07, 6.45) is -0.131. The Morgan fingerprint density at radius 1 is 1.14 bits per heavy atom. The van der Waals surface area contributed by atoms with Gasteiger partial charge in [0.25, 0.3) is 0 Å². The molecule has 1 aliphatic rings. The molecule has 4 rings (SSSR count). The third-order valence-electron chi connectivity index (χ3n) is 5.70. The summed E-state index contributed by atoms with van der Waals surface area (Å²) in [4.78, 5) is 12.8. The summed E-state index contributed by atoms with van der Waals surface area (Å²) in [6, 6.07) is 9.38. The molecular weight excluding hydrogens is 394 g/mol. The van der Waals surface area contributed by atoms with Crippen LogP contribution in [0.4, 0.5) is 0 Å². The Hall–Kier alpha value is -2.54. The lowest BCUT2D eigenvalue weighted by Gasteiger charge is -2.40. The van der Waals surface area contributed by atoms with Crippen LogP contribution in [-0.4, -0.2) is 53.1 Å². The Morgan fingerprint density at radius 3 is 2.55 bits per heavy atom. The minimum absolute atomic E-state index is 0.0138. The van der Waals surface area contributed by atoms with Gasteiger partial charge in [-0.05, 0) is 12.1 Å². The van der Waals surface area contributed by atoms with Crippen LogP contribution in [0.3, 0.4) is 0 Å². The number of nitrogens with zero attached hydrogens (tertiary/aromatic N) is 1. The largest absolute Gasteiger partial charge is 0.507 e. The third-order valence-corrected chi connectivity index (χ3v) is 6.03. The Bertz CT molecular complexity index is 1150. The first-order valence-corrected chi connectivity index (χ1v) is 9.83. The number of benzene rings is 2. The molecule has 2 unspecified atom stereocenters. The fraction of sp³-hybridized carbons (Fsp3) is 0.318. The molecule has 3 N–H and O–H groups in total. The number of quaternary nitrogens is 1. The van der Waals surface area contributed by atoms with Gasteiger partial charge in [0.15, 0.2) is 5.43 Å². The molecule has 0 radical (unpaired) electrons. The Labute approximate surface area is 172 Å². The second kappa shape index (κ2) is 7.06. The quantitative estimate of drug-likeness (QED) is 0.556. The molecule has 2 atom stereocenters. The molecule has 1 aromatic heterocycles. The summed E-state index contributed by atoms with van der Waals surface area (Å²) in [5.74, 6) is -0.748. The van der Waals surface area contributed by atoms with E-state index in [9.17, 15) is 20.1 Å². The second-order valence-corrected chi connectivity index (χ2v) is 8.70. The van der Waals surface area contributed by atoms with Crippen molar-refractivity contribution in [2.45, 2.75) is 18.4 Å². The number of phenolic OH excluding ortho intramolecular Hbond substituents is 2. The Kier molecular flexibility index (Phi) is 4.81. The number of piperidine rings is 1. The molecule has 0 saturated carbocycles. The van der Waals surface area contributed by atoms with Crippen molar-refractivity contribution in [1.29, 1.82) is 0 Å². The number of likely N-dealkylation sites (N-methyl/N-ethyl adjacent to an activating group) is 1. The predicted molar refractivity (Wildman–Crippen MR) is 111 cm³/mol. The molecule has 29 heavy (non-hydrogen) atoms. The van der Waals surface area contributed by atoms with E-state index in [0.717, 1.165) is 12.6 Å². The number of halogens is 1. The summed E-state index contributed by atoms with van der Waals surface area (Å²) in [7, 11) is 4.06. The van der Waals surface area contributed by atoms with Gasteiger partial charge in [0, 0.05) is 35.6 Å². The molecule has 6 nitrogen and oxygen atoms in total. The average molecular weight is 417 g/mol. The van der Waals surface area contributed by atoms with E-state index < -0.39 is 17.5 Å². The first-order valence-electron chi connectivity index (χ1n) is 9.45. The molecule has 0 amide bonds. The predicted octanol–water partition coefficient (Wildman–Crippen LogP) is 3.45. The fourth-order valence-electron chi connectivity index (χ4n) is 4.22. The lowest BCUT2D eigenvalue weighted by molar-refractivity contribution is -0.898. The third kappa shape index (κ3) is 3.48. The van der Waals surface area contributed by atoms with Gasteiger partial charge in [-0.3, -0.25) is 4.79 Å². The number of hydrogen-bond acceptors (Lipinski definition) is 5. The lowest BCUT2D eigenvalue weighted by Crippen LogP contribution is -2.52. The molecule has 1 aliphatic heterocycles. The first-order chi connectivity index (χ1) is 13.7. The minimum atomic E-state index is -0.730. The van der Waals surface area contributed by atoms with E-state index in [1.807, 2.05) is 14.1 Å². The molecule has 1 saturated heterocycles. The van der Waals surface area contributed by atoms with Crippen LogP contribution in [0.15, 0.2) is 45.6 Å². The molecule has 2 heterocycles. The number of aliphatic hydroxyl groups excluding tert-OH is 1. The van der Waals surface area contributed by atoms with E-state index in [1.54, 1.807) is 24.3 Å². The van der Waals surface area contributed by atoms with Crippen LogP contribution < -0.4 is 5.43 Å². The van der Waals surface area contributed by atoms with Crippen molar-refractivity contribution < 1.29 is 24.2 Å². The van der Waals surface area contributed by atoms with E-state index in [2.05, 4.69) is 0 Å². The number of likely N-dealkylation sites (tertiary alicyclic amines) is 1. The van der Waals surface area contributed by atoms with Gasteiger partial charge in [-0.2, -0.15) is 0 Å². The fourth-order valence-corrected chi connectivity index (χ4v) is 4.45. The van der Waals surface area contributed by atoms with E-state index in [4.69, 9.17) is 16.0 Å². The van der Waals surface area contributed by atoms with Crippen molar-refractivity contribution in [2.75, 3.05) is 27.2 Å². The van der Waals surface area contributed by atoms with Gasteiger partial charge in [-0.1, -0.05) is 23.7 Å². The molecular formula is C22H23ClNO5+. The van der Waals surface area contributed by atoms with Crippen molar-refractivity contribution in [3.63, 3.8) is 0 Å². The topological polar surface area (TPSA) is 90.9 Å². The van der Waals surface area contributed by atoms with Gasteiger partial charge in [0.1, 0.15) is 40.9 Å². The monoisotopic (exact) mass is 416 g/mol. The highest BCUT2D eigenvalue weighted by atomic mass is 35.5. The van der Waals surface area contributed by atoms with Gasteiger partial charge >= 0.3 is 0 Å². The molecule has 3 aromatic rings. The van der Waals surface area contributed by atoms with E-state index in [1.165, 1.54) is 6.07 Å². The van der Waals surface area contributed by atoms with E-state index in [-0.39, 0.29) is 28.2 Å². The van der Waals surface area contributed by atoms with E-state index >= 15 is 0 Å². The highest BCUT2D eigenvalue weighted by Gasteiger charge is 2.38. The zero-order valence-corrected chi connectivity index (χ0v) is 17.0. The van der Waals surface area contributed by atoms with E-state index in [0.29, 0.717) is 33.6 Å². The Balaban J connectivity index is 1.98. The number of aliphatic hydroxyl groups is 1. The lowest BCUT2D eigenvalue weighted by atomic mass is 9.84. The summed E-state index contributed by atoms with van der Waals surface area (Å²) < 4.78 is 6.69. The first kappa shape index (κ1) is 19.8. The minimum Gasteiger partial charge on any atom is -0.507 e. The molecule has 152 valence electrons. The molecule has 1 fully saturated rings. The standard InChI is InChI=1S/C22H22ClNO5/c1-24(2)8-7-13(18(28)11-24)20-15(25)9-16(26)21-17(27)10-19(29-22(20)21)12-5-3-4-6-14(12)23/h3-6,9-10,13,18,28H,7-8,11H2,1-2H3,(H-,25,26,27)/p+1. The summed E-state index contributed by atoms with van der Waals surface area (Å²) in [5.41, 5.74) is 0.516. The van der Waals surface area contributed by atoms with Crippen molar-refractivity contribution in [3.05, 3.63) is 57.2 Å². The summed E-state index contributed by atoms with van der Waals surface area (Å²) in [5, 5.41) is 32.1. The second-order valence-electron chi connectivity index (χ2n) is 8.29. The normalized spacial score (nSPS) is 21.4. The van der Waals surface area contributed by atoms with Crippen molar-refractivity contribution >= 4 is 22.6 Å². The summed E-state index contributed by atoms with van der Waals surface area (Å²) >= 11 is 6.26. The van der Waals surface area contributed by atoms with Gasteiger partial charge < -0.3 is 24.2 Å². The van der Waals surface area contributed by atoms with Crippen molar-refractivity contribution in [2.24, 2.45) is 0 Å².